The monoisotopic (exact) mass is 332 g/mol. The van der Waals surface area contributed by atoms with E-state index in [1.807, 2.05) is 0 Å². The summed E-state index contributed by atoms with van der Waals surface area (Å²) in [5.41, 5.74) is -0.974. The molecule has 2 aromatic heterocycles. The van der Waals surface area contributed by atoms with Crippen molar-refractivity contribution < 1.29 is 17.6 Å². The predicted molar refractivity (Wildman–Crippen MR) is 74.7 cm³/mol. The van der Waals surface area contributed by atoms with E-state index >= 15 is 0 Å². The van der Waals surface area contributed by atoms with Crippen molar-refractivity contribution in [2.45, 2.75) is 6.18 Å². The van der Waals surface area contributed by atoms with Crippen molar-refractivity contribution in [3.63, 3.8) is 0 Å². The largest absolute Gasteiger partial charge is 0.424 e. The van der Waals surface area contributed by atoms with Crippen LogP contribution in [0.5, 0.6) is 0 Å². The van der Waals surface area contributed by atoms with Gasteiger partial charge < -0.3 is 4.42 Å². The van der Waals surface area contributed by atoms with Crippen LogP contribution < -0.4 is 0 Å². The van der Waals surface area contributed by atoms with Gasteiger partial charge in [-0.2, -0.15) is 18.4 Å². The maximum absolute atomic E-state index is 12.9. The summed E-state index contributed by atoms with van der Waals surface area (Å²) in [6, 6.07) is 4.65. The molecule has 0 bridgehead atoms. The van der Waals surface area contributed by atoms with Crippen LogP contribution in [-0.4, -0.2) is 25.0 Å². The van der Waals surface area contributed by atoms with E-state index in [9.17, 15) is 13.2 Å². The van der Waals surface area contributed by atoms with E-state index in [-0.39, 0.29) is 22.8 Å². The van der Waals surface area contributed by atoms with Crippen molar-refractivity contribution in [3.05, 3.63) is 47.9 Å². The maximum Gasteiger partial charge on any atom is 0.416 e. The Morgan fingerprint density at radius 2 is 2.08 bits per heavy atom. The lowest BCUT2D eigenvalue weighted by atomic mass is 10.1. The standard InChI is InChI=1S/C14H7F3N6O/c15-14(16,17)11-4-9(6-18)3-10(5-11)13-19-7-23(22-13)2-1-12-21-20-8-24-12/h1-5,7-8H. The Morgan fingerprint density at radius 3 is 2.75 bits per heavy atom. The minimum atomic E-state index is -4.57. The number of nitriles is 1. The second-order valence-electron chi connectivity index (χ2n) is 4.55. The second-order valence-corrected chi connectivity index (χ2v) is 4.55. The predicted octanol–water partition coefficient (Wildman–Crippen LogP) is 2.85. The molecule has 0 spiro atoms. The topological polar surface area (TPSA) is 93.4 Å². The molecular weight excluding hydrogens is 325 g/mol. The van der Waals surface area contributed by atoms with Crippen LogP contribution in [0.4, 0.5) is 13.2 Å². The van der Waals surface area contributed by atoms with Gasteiger partial charge in [0, 0.05) is 17.8 Å². The molecule has 3 aromatic rings. The van der Waals surface area contributed by atoms with Crippen molar-refractivity contribution in [2.24, 2.45) is 0 Å². The molecule has 0 aliphatic carbocycles. The summed E-state index contributed by atoms with van der Waals surface area (Å²) >= 11 is 0. The Hall–Kier alpha value is -3.48. The van der Waals surface area contributed by atoms with E-state index in [1.165, 1.54) is 29.4 Å². The minimum Gasteiger partial charge on any atom is -0.424 e. The fourth-order valence-electron chi connectivity index (χ4n) is 1.86. The smallest absolute Gasteiger partial charge is 0.416 e. The third kappa shape index (κ3) is 3.30. The summed E-state index contributed by atoms with van der Waals surface area (Å²) in [5, 5.41) is 20.0. The molecular formula is C14H7F3N6O. The molecule has 2 heterocycles. The summed E-state index contributed by atoms with van der Waals surface area (Å²) in [6.07, 6.45) is 0.788. The van der Waals surface area contributed by atoms with Crippen molar-refractivity contribution in [3.8, 4) is 17.5 Å². The number of nitrogens with zero attached hydrogens (tertiary/aromatic N) is 6. The van der Waals surface area contributed by atoms with Gasteiger partial charge in [-0.1, -0.05) is 0 Å². The molecule has 10 heteroatoms. The molecule has 0 fully saturated rings. The fraction of sp³-hybridized carbons (Fsp3) is 0.0714. The van der Waals surface area contributed by atoms with Gasteiger partial charge >= 0.3 is 6.18 Å². The number of halogens is 3. The summed E-state index contributed by atoms with van der Waals surface area (Å²) in [7, 11) is 0. The van der Waals surface area contributed by atoms with E-state index in [1.54, 1.807) is 6.07 Å². The van der Waals surface area contributed by atoms with Gasteiger partial charge in [-0.15, -0.1) is 15.3 Å². The van der Waals surface area contributed by atoms with Crippen molar-refractivity contribution in [1.29, 1.82) is 5.26 Å². The van der Waals surface area contributed by atoms with Crippen LogP contribution in [0.25, 0.3) is 23.7 Å². The van der Waals surface area contributed by atoms with Gasteiger partial charge in [-0.05, 0) is 18.2 Å². The van der Waals surface area contributed by atoms with Gasteiger partial charge in [0.15, 0.2) is 5.82 Å². The molecule has 0 N–H and O–H groups in total. The molecule has 24 heavy (non-hydrogen) atoms. The van der Waals surface area contributed by atoms with Crippen molar-refractivity contribution in [2.75, 3.05) is 0 Å². The molecule has 0 saturated carbocycles. The zero-order valence-electron chi connectivity index (χ0n) is 11.8. The third-order valence-corrected chi connectivity index (χ3v) is 2.90. The van der Waals surface area contributed by atoms with Crippen LogP contribution in [0.15, 0.2) is 35.3 Å². The van der Waals surface area contributed by atoms with Gasteiger partial charge in [0.1, 0.15) is 6.33 Å². The Kier molecular flexibility index (Phi) is 3.83. The van der Waals surface area contributed by atoms with Crippen LogP contribution in [0.2, 0.25) is 0 Å². The molecule has 0 amide bonds. The minimum absolute atomic E-state index is 0.0489. The lowest BCUT2D eigenvalue weighted by molar-refractivity contribution is -0.137. The molecule has 0 atom stereocenters. The molecule has 0 radical (unpaired) electrons. The Balaban J connectivity index is 1.94. The Labute approximate surface area is 132 Å². The summed E-state index contributed by atoms with van der Waals surface area (Å²) < 4.78 is 44.8. The van der Waals surface area contributed by atoms with Crippen molar-refractivity contribution >= 4 is 12.3 Å². The average Bonchev–Trinajstić information content (AvgIpc) is 3.23. The van der Waals surface area contributed by atoms with Crippen LogP contribution in [-0.2, 0) is 6.18 Å². The van der Waals surface area contributed by atoms with Gasteiger partial charge in [0.2, 0.25) is 12.3 Å². The number of aromatic nitrogens is 5. The summed E-state index contributed by atoms with van der Waals surface area (Å²) in [5.74, 6) is 0.283. The Bertz CT molecular complexity index is 921. The van der Waals surface area contributed by atoms with E-state index in [2.05, 4.69) is 20.3 Å². The normalized spacial score (nSPS) is 11.8. The van der Waals surface area contributed by atoms with Gasteiger partial charge in [0.05, 0.1) is 17.2 Å². The zero-order valence-corrected chi connectivity index (χ0v) is 11.8. The fourth-order valence-corrected chi connectivity index (χ4v) is 1.86. The van der Waals surface area contributed by atoms with E-state index in [4.69, 9.17) is 9.68 Å². The highest BCUT2D eigenvalue weighted by Gasteiger charge is 2.31. The average molecular weight is 332 g/mol. The maximum atomic E-state index is 12.9. The molecule has 3 rings (SSSR count). The number of rotatable bonds is 3. The van der Waals surface area contributed by atoms with Crippen LogP contribution in [0.3, 0.4) is 0 Å². The van der Waals surface area contributed by atoms with Crippen molar-refractivity contribution in [1.82, 2.24) is 25.0 Å². The molecule has 0 saturated heterocycles. The van der Waals surface area contributed by atoms with Crippen LogP contribution >= 0.6 is 0 Å². The van der Waals surface area contributed by atoms with Crippen LogP contribution in [0.1, 0.15) is 17.0 Å². The third-order valence-electron chi connectivity index (χ3n) is 2.90. The zero-order chi connectivity index (χ0) is 17.2. The summed E-state index contributed by atoms with van der Waals surface area (Å²) in [4.78, 5) is 3.94. The number of hydrogen-bond donors (Lipinski definition) is 0. The first-order chi connectivity index (χ1) is 11.5. The number of hydrogen-bond acceptors (Lipinski definition) is 6. The van der Waals surface area contributed by atoms with E-state index in [0.29, 0.717) is 0 Å². The first-order valence-electron chi connectivity index (χ1n) is 6.44. The highest BCUT2D eigenvalue weighted by Crippen LogP contribution is 2.32. The van der Waals surface area contributed by atoms with E-state index < -0.39 is 11.7 Å². The quantitative estimate of drug-likeness (QED) is 0.732. The van der Waals surface area contributed by atoms with Gasteiger partial charge in [0.25, 0.3) is 0 Å². The number of benzene rings is 1. The SMILES string of the molecule is N#Cc1cc(-c2ncn(C=Cc3nnco3)n2)cc(C(F)(F)F)c1. The Morgan fingerprint density at radius 1 is 1.25 bits per heavy atom. The number of alkyl halides is 3. The highest BCUT2D eigenvalue weighted by atomic mass is 19.4. The van der Waals surface area contributed by atoms with E-state index in [0.717, 1.165) is 18.5 Å². The van der Waals surface area contributed by atoms with Gasteiger partial charge in [-0.3, -0.25) is 0 Å². The van der Waals surface area contributed by atoms with Gasteiger partial charge in [-0.25, -0.2) is 9.67 Å². The first kappa shape index (κ1) is 15.4. The highest BCUT2D eigenvalue weighted by molar-refractivity contribution is 5.60. The molecule has 1 aromatic carbocycles. The molecule has 120 valence electrons. The molecule has 0 unspecified atom stereocenters. The lowest BCUT2D eigenvalue weighted by Gasteiger charge is -2.08. The molecule has 7 nitrogen and oxygen atoms in total. The second kappa shape index (κ2) is 5.96. The van der Waals surface area contributed by atoms with Crippen LogP contribution in [0, 0.1) is 11.3 Å². The molecule has 0 aliphatic rings. The molecule has 0 aliphatic heterocycles. The summed E-state index contributed by atoms with van der Waals surface area (Å²) in [6.45, 7) is 0. The lowest BCUT2D eigenvalue weighted by Crippen LogP contribution is -2.05. The first-order valence-corrected chi connectivity index (χ1v) is 6.44.